The second-order valence-electron chi connectivity index (χ2n) is 7.47. The third kappa shape index (κ3) is 5.21. The molecule has 1 rings (SSSR count). The maximum atomic E-state index is 12.0. The van der Waals surface area contributed by atoms with Gasteiger partial charge in [0.05, 0.1) is 6.07 Å². The molecule has 1 aliphatic rings. The van der Waals surface area contributed by atoms with Gasteiger partial charge in [-0.25, -0.2) is 0 Å². The molecule has 1 saturated carbocycles. The fraction of sp³-hybridized carbons (Fsp3) is 0.750. The molecular weight excluding hydrogens is 250 g/mol. The van der Waals surface area contributed by atoms with E-state index in [4.69, 9.17) is 0 Å². The Morgan fingerprint density at radius 1 is 1.37 bits per heavy atom. The van der Waals surface area contributed by atoms with Crippen LogP contribution in [0.5, 0.6) is 0 Å². The van der Waals surface area contributed by atoms with Crippen LogP contribution in [0.25, 0.3) is 0 Å². The van der Waals surface area contributed by atoms with Crippen molar-refractivity contribution in [3.8, 4) is 17.5 Å². The summed E-state index contributed by atoms with van der Waals surface area (Å²) in [5.41, 5.74) is 3.39. The Hall–Kier alpha value is -1.06. The van der Waals surface area contributed by atoms with Crippen molar-refractivity contribution in [3.05, 3.63) is 0 Å². The molecule has 0 heterocycles. The molecule has 0 spiro atoms. The molecule has 0 aliphatic heterocycles. The second-order valence-corrected chi connectivity index (χ2v) is 12.2. The van der Waals surface area contributed by atoms with Gasteiger partial charge in [0.2, 0.25) is 0 Å². The molecule has 0 radical (unpaired) electrons. The molecule has 3 heteroatoms. The molecule has 0 saturated heterocycles. The average molecular weight is 275 g/mol. The van der Waals surface area contributed by atoms with Gasteiger partial charge in [-0.15, -0.1) is 11.5 Å². The van der Waals surface area contributed by atoms with E-state index in [-0.39, 0.29) is 17.1 Å². The van der Waals surface area contributed by atoms with Gasteiger partial charge in [0, 0.05) is 12.8 Å². The molecule has 19 heavy (non-hydrogen) atoms. The minimum Gasteiger partial charge on any atom is -0.298 e. The number of nitrogens with zero attached hydrogens (tertiary/aromatic N) is 1. The third-order valence-electron chi connectivity index (χ3n) is 3.53. The molecule has 0 aromatic heterocycles. The van der Waals surface area contributed by atoms with E-state index >= 15 is 0 Å². The molecule has 2 atom stereocenters. The van der Waals surface area contributed by atoms with E-state index in [0.717, 1.165) is 19.3 Å². The highest BCUT2D eigenvalue weighted by atomic mass is 28.3. The van der Waals surface area contributed by atoms with E-state index in [9.17, 15) is 10.1 Å². The summed E-state index contributed by atoms with van der Waals surface area (Å²) >= 11 is 0. The summed E-state index contributed by atoms with van der Waals surface area (Å²) in [4.78, 5) is 12.0. The third-order valence-corrected chi connectivity index (χ3v) is 4.46. The summed E-state index contributed by atoms with van der Waals surface area (Å²) in [6.07, 6.45) is 3.20. The summed E-state index contributed by atoms with van der Waals surface area (Å²) in [7, 11) is -1.30. The Morgan fingerprint density at radius 3 is 2.53 bits per heavy atom. The van der Waals surface area contributed by atoms with Crippen molar-refractivity contribution < 1.29 is 4.79 Å². The number of Topliss-reactive ketones (excluding diaryl/α,β-unsaturated/α-hetero) is 1. The lowest BCUT2D eigenvalue weighted by molar-refractivity contribution is -0.128. The number of hydrogen-bond acceptors (Lipinski definition) is 2. The van der Waals surface area contributed by atoms with E-state index in [1.807, 2.05) is 0 Å². The number of carbonyl (C=O) groups excluding carboxylic acids is 1. The van der Waals surface area contributed by atoms with Crippen LogP contribution in [0.2, 0.25) is 19.6 Å². The van der Waals surface area contributed by atoms with Crippen LogP contribution in [-0.2, 0) is 4.79 Å². The Morgan fingerprint density at radius 2 is 2.00 bits per heavy atom. The summed E-state index contributed by atoms with van der Waals surface area (Å²) in [6, 6.07) is 2.21. The highest BCUT2D eigenvalue weighted by Gasteiger charge is 2.40. The van der Waals surface area contributed by atoms with E-state index in [0.29, 0.717) is 6.42 Å². The molecule has 2 unspecified atom stereocenters. The zero-order chi connectivity index (χ0) is 14.7. The van der Waals surface area contributed by atoms with Crippen LogP contribution in [0.4, 0.5) is 0 Å². The highest BCUT2D eigenvalue weighted by molar-refractivity contribution is 6.83. The molecule has 0 bridgehead atoms. The topological polar surface area (TPSA) is 40.9 Å². The number of carbonyl (C=O) groups is 1. The molecule has 0 aromatic carbocycles. The number of nitriles is 1. The maximum Gasteiger partial charge on any atom is 0.150 e. The first kappa shape index (κ1) is 16.0. The Balaban J connectivity index is 2.66. The van der Waals surface area contributed by atoms with Gasteiger partial charge in [-0.1, -0.05) is 33.5 Å². The first-order valence-corrected chi connectivity index (χ1v) is 10.6. The molecule has 0 N–H and O–H groups in total. The molecule has 104 valence electrons. The van der Waals surface area contributed by atoms with Crippen molar-refractivity contribution in [2.24, 2.45) is 17.3 Å². The van der Waals surface area contributed by atoms with Gasteiger partial charge in [0.15, 0.2) is 5.78 Å². The lowest BCUT2D eigenvalue weighted by Crippen LogP contribution is -2.36. The van der Waals surface area contributed by atoms with Crippen molar-refractivity contribution in [2.45, 2.75) is 59.2 Å². The van der Waals surface area contributed by atoms with Crippen LogP contribution in [0, 0.1) is 40.0 Å². The van der Waals surface area contributed by atoms with Crippen LogP contribution in [0.3, 0.4) is 0 Å². The highest BCUT2D eigenvalue weighted by Crippen LogP contribution is 2.41. The molecule has 1 aliphatic carbocycles. The summed E-state index contributed by atoms with van der Waals surface area (Å²) in [6.45, 7) is 10.9. The minimum absolute atomic E-state index is 0.0430. The molecular formula is C16H25NOSi. The SMILES string of the molecule is CC1(C)CC(=O)C(C#N)C(CCC#C[Si](C)(C)C)C1. The summed E-state index contributed by atoms with van der Waals surface area (Å²) < 4.78 is 0. The molecule has 1 fully saturated rings. The molecule has 2 nitrogen and oxygen atoms in total. The van der Waals surface area contributed by atoms with E-state index in [2.05, 4.69) is 51.0 Å². The number of rotatable bonds is 2. The zero-order valence-electron chi connectivity index (χ0n) is 12.8. The summed E-state index contributed by atoms with van der Waals surface area (Å²) in [5.74, 6) is 3.17. The van der Waals surface area contributed by atoms with Gasteiger partial charge in [-0.05, 0) is 24.2 Å². The van der Waals surface area contributed by atoms with Crippen molar-refractivity contribution in [1.29, 1.82) is 5.26 Å². The lowest BCUT2D eigenvalue weighted by Gasteiger charge is -2.36. The first-order valence-electron chi connectivity index (χ1n) is 7.07. The van der Waals surface area contributed by atoms with Crippen molar-refractivity contribution in [1.82, 2.24) is 0 Å². The minimum atomic E-state index is -1.30. The quantitative estimate of drug-likeness (QED) is 0.568. The van der Waals surface area contributed by atoms with Crippen LogP contribution in [0.15, 0.2) is 0 Å². The molecule has 0 amide bonds. The fourth-order valence-electron chi connectivity index (χ4n) is 2.78. The predicted octanol–water partition coefficient (Wildman–Crippen LogP) is 3.79. The van der Waals surface area contributed by atoms with Crippen molar-refractivity contribution >= 4 is 13.9 Å². The van der Waals surface area contributed by atoms with E-state index < -0.39 is 14.0 Å². The van der Waals surface area contributed by atoms with E-state index in [1.165, 1.54) is 0 Å². The van der Waals surface area contributed by atoms with Gasteiger partial charge in [-0.2, -0.15) is 5.26 Å². The summed E-state index contributed by atoms with van der Waals surface area (Å²) in [5, 5.41) is 9.19. The number of hydrogen-bond donors (Lipinski definition) is 0. The van der Waals surface area contributed by atoms with Crippen molar-refractivity contribution in [2.75, 3.05) is 0 Å². The fourth-order valence-corrected chi connectivity index (χ4v) is 3.43. The normalized spacial score (nSPS) is 26.2. The molecule has 0 aromatic rings. The van der Waals surface area contributed by atoms with Gasteiger partial charge >= 0.3 is 0 Å². The standard InChI is InChI=1S/C16H25NOSi/c1-16(2)10-13(14(12-17)15(18)11-16)8-6-7-9-19(3,4)5/h13-14H,6,8,10-11H2,1-5H3. The Labute approximate surface area is 118 Å². The zero-order valence-corrected chi connectivity index (χ0v) is 13.8. The average Bonchev–Trinajstić information content (AvgIpc) is 2.21. The van der Waals surface area contributed by atoms with Crippen LogP contribution in [0.1, 0.15) is 39.5 Å². The van der Waals surface area contributed by atoms with Crippen LogP contribution in [-0.4, -0.2) is 13.9 Å². The predicted molar refractivity (Wildman–Crippen MR) is 81.0 cm³/mol. The first-order chi connectivity index (χ1) is 8.64. The Kier molecular flexibility index (Phi) is 4.99. The van der Waals surface area contributed by atoms with Crippen LogP contribution >= 0.6 is 0 Å². The number of ketones is 1. The monoisotopic (exact) mass is 275 g/mol. The van der Waals surface area contributed by atoms with Gasteiger partial charge < -0.3 is 0 Å². The van der Waals surface area contributed by atoms with E-state index in [1.54, 1.807) is 0 Å². The largest absolute Gasteiger partial charge is 0.298 e. The van der Waals surface area contributed by atoms with Gasteiger partial charge in [0.25, 0.3) is 0 Å². The van der Waals surface area contributed by atoms with Crippen LogP contribution < -0.4 is 0 Å². The second kappa shape index (κ2) is 5.93. The van der Waals surface area contributed by atoms with Gasteiger partial charge in [0.1, 0.15) is 14.0 Å². The van der Waals surface area contributed by atoms with Crippen molar-refractivity contribution in [3.63, 3.8) is 0 Å². The maximum absolute atomic E-state index is 12.0. The van der Waals surface area contributed by atoms with Gasteiger partial charge in [-0.3, -0.25) is 4.79 Å². The lowest BCUT2D eigenvalue weighted by atomic mass is 9.66. The Bertz CT molecular complexity index is 442. The smallest absolute Gasteiger partial charge is 0.150 e.